The highest BCUT2D eigenvalue weighted by molar-refractivity contribution is 5.77. The molecule has 0 saturated carbocycles. The molecular weight excluding hydrogens is 436 g/mol. The third-order valence-corrected chi connectivity index (χ3v) is 5.94. The Morgan fingerprint density at radius 1 is 1.00 bits per heavy atom. The molecule has 8 heteroatoms. The van der Waals surface area contributed by atoms with Crippen LogP contribution in [-0.2, 0) is 0 Å². The molecule has 5 rings (SSSR count). The van der Waals surface area contributed by atoms with Crippen LogP contribution < -0.4 is 20.9 Å². The normalized spacial score (nSPS) is 13.3. The molecule has 1 saturated heterocycles. The third-order valence-electron chi connectivity index (χ3n) is 5.94. The predicted octanol–water partition coefficient (Wildman–Crippen LogP) is 4.48. The number of nitrogens with one attached hydrogen (secondary N) is 3. The minimum absolute atomic E-state index is 0.496. The number of nitrogens with zero attached hydrogens (tertiary/aromatic N) is 5. The lowest BCUT2D eigenvalue weighted by Gasteiger charge is -2.29. The molecule has 4 heterocycles. The summed E-state index contributed by atoms with van der Waals surface area (Å²) in [7, 11) is 0. The molecule has 0 spiro atoms. The minimum Gasteiger partial charge on any atom is -0.369 e. The summed E-state index contributed by atoms with van der Waals surface area (Å²) in [5, 5.41) is 10.1. The highest BCUT2D eigenvalue weighted by Gasteiger charge is 2.11. The van der Waals surface area contributed by atoms with E-state index in [2.05, 4.69) is 71.6 Å². The quantitative estimate of drug-likeness (QED) is 0.369. The summed E-state index contributed by atoms with van der Waals surface area (Å²) in [5.74, 6) is 0.496. The molecule has 1 aliphatic rings. The molecule has 0 atom stereocenters. The van der Waals surface area contributed by atoms with Crippen LogP contribution in [-0.4, -0.2) is 46.1 Å². The van der Waals surface area contributed by atoms with E-state index in [-0.39, 0.29) is 0 Å². The zero-order chi connectivity index (χ0) is 24.0. The van der Waals surface area contributed by atoms with Crippen molar-refractivity contribution >= 4 is 28.7 Å². The number of rotatable bonds is 7. The van der Waals surface area contributed by atoms with Gasteiger partial charge in [0.25, 0.3) is 0 Å². The van der Waals surface area contributed by atoms with Crippen molar-refractivity contribution in [2.45, 2.75) is 6.92 Å². The first-order chi connectivity index (χ1) is 17.2. The van der Waals surface area contributed by atoms with E-state index in [1.807, 2.05) is 31.2 Å². The van der Waals surface area contributed by atoms with Crippen LogP contribution in [0.4, 0.5) is 23.0 Å². The number of pyridine rings is 2. The lowest BCUT2D eigenvalue weighted by molar-refractivity contribution is 0.589. The van der Waals surface area contributed by atoms with Crippen LogP contribution in [0.1, 0.15) is 11.3 Å². The first-order valence-corrected chi connectivity index (χ1v) is 11.6. The standard InChI is InChI=1S/C27H28N8/c1-19(21-5-7-24(8-6-21)35-14-12-28-13-15-35)32-23-16-26(20(2)31-18-23)34-27-30-11-9-25(33-27)22-4-3-10-29-17-22/h3-11,16-18,28,32H,1,12-15H2,2H3,(H,30,33,34). The zero-order valence-corrected chi connectivity index (χ0v) is 19.7. The zero-order valence-electron chi connectivity index (χ0n) is 19.7. The molecule has 0 aliphatic carbocycles. The van der Waals surface area contributed by atoms with Gasteiger partial charge >= 0.3 is 0 Å². The van der Waals surface area contributed by atoms with Gasteiger partial charge in [0.2, 0.25) is 5.95 Å². The monoisotopic (exact) mass is 464 g/mol. The van der Waals surface area contributed by atoms with E-state index in [1.165, 1.54) is 5.69 Å². The van der Waals surface area contributed by atoms with Crippen LogP contribution in [0.3, 0.4) is 0 Å². The van der Waals surface area contributed by atoms with Crippen LogP contribution in [0, 0.1) is 6.92 Å². The Balaban J connectivity index is 1.28. The average molecular weight is 465 g/mol. The van der Waals surface area contributed by atoms with Crippen molar-refractivity contribution in [3.63, 3.8) is 0 Å². The summed E-state index contributed by atoms with van der Waals surface area (Å²) in [6.45, 7) is 10.3. The van der Waals surface area contributed by atoms with Crippen molar-refractivity contribution in [1.29, 1.82) is 0 Å². The van der Waals surface area contributed by atoms with E-state index in [1.54, 1.807) is 24.8 Å². The molecule has 4 aromatic rings. The summed E-state index contributed by atoms with van der Waals surface area (Å²) in [6.07, 6.45) is 7.06. The van der Waals surface area contributed by atoms with Crippen molar-refractivity contribution in [2.75, 3.05) is 41.7 Å². The molecule has 1 fully saturated rings. The van der Waals surface area contributed by atoms with Gasteiger partial charge in [-0.05, 0) is 48.9 Å². The Morgan fingerprint density at radius 3 is 2.60 bits per heavy atom. The van der Waals surface area contributed by atoms with Gasteiger partial charge < -0.3 is 20.9 Å². The number of hydrogen-bond acceptors (Lipinski definition) is 8. The van der Waals surface area contributed by atoms with Gasteiger partial charge in [0, 0.05) is 61.7 Å². The van der Waals surface area contributed by atoms with Crippen molar-refractivity contribution in [1.82, 2.24) is 25.3 Å². The highest BCUT2D eigenvalue weighted by Crippen LogP contribution is 2.25. The fourth-order valence-electron chi connectivity index (χ4n) is 3.99. The van der Waals surface area contributed by atoms with Crippen molar-refractivity contribution in [3.05, 3.63) is 91.2 Å². The fourth-order valence-corrected chi connectivity index (χ4v) is 3.99. The fraction of sp³-hybridized carbons (Fsp3) is 0.185. The molecule has 176 valence electrons. The number of hydrogen-bond donors (Lipinski definition) is 3. The van der Waals surface area contributed by atoms with Crippen molar-refractivity contribution < 1.29 is 0 Å². The Hall–Kier alpha value is -4.30. The smallest absolute Gasteiger partial charge is 0.227 e. The summed E-state index contributed by atoms with van der Waals surface area (Å²) >= 11 is 0. The van der Waals surface area contributed by atoms with E-state index in [0.29, 0.717) is 5.95 Å². The number of piperazine rings is 1. The molecule has 8 nitrogen and oxygen atoms in total. The lowest BCUT2D eigenvalue weighted by Crippen LogP contribution is -2.43. The van der Waals surface area contributed by atoms with Gasteiger partial charge in [0.1, 0.15) is 0 Å². The largest absolute Gasteiger partial charge is 0.369 e. The van der Waals surface area contributed by atoms with Crippen LogP contribution >= 0.6 is 0 Å². The maximum atomic E-state index is 4.63. The maximum absolute atomic E-state index is 4.63. The van der Waals surface area contributed by atoms with Crippen LogP contribution in [0.2, 0.25) is 0 Å². The van der Waals surface area contributed by atoms with E-state index in [0.717, 1.165) is 65.8 Å². The summed E-state index contributed by atoms with van der Waals surface area (Å²) in [5.41, 5.74) is 7.31. The molecule has 0 unspecified atom stereocenters. The second-order valence-electron chi connectivity index (χ2n) is 8.38. The number of anilines is 4. The van der Waals surface area contributed by atoms with E-state index < -0.39 is 0 Å². The average Bonchev–Trinajstić information content (AvgIpc) is 2.92. The molecule has 0 radical (unpaired) electrons. The van der Waals surface area contributed by atoms with E-state index >= 15 is 0 Å². The summed E-state index contributed by atoms with van der Waals surface area (Å²) in [6, 6.07) is 16.2. The lowest BCUT2D eigenvalue weighted by atomic mass is 10.1. The Kier molecular flexibility index (Phi) is 6.63. The second kappa shape index (κ2) is 10.3. The summed E-state index contributed by atoms with van der Waals surface area (Å²) in [4.78, 5) is 20.1. The topological polar surface area (TPSA) is 90.9 Å². The highest BCUT2D eigenvalue weighted by atomic mass is 15.2. The maximum Gasteiger partial charge on any atom is 0.227 e. The molecular formula is C27H28N8. The minimum atomic E-state index is 0.496. The number of aryl methyl sites for hydroxylation is 1. The summed E-state index contributed by atoms with van der Waals surface area (Å²) < 4.78 is 0. The van der Waals surface area contributed by atoms with Gasteiger partial charge in [-0.2, -0.15) is 0 Å². The van der Waals surface area contributed by atoms with Gasteiger partial charge in [0.05, 0.1) is 29.0 Å². The van der Waals surface area contributed by atoms with E-state index in [4.69, 9.17) is 0 Å². The Labute approximate surface area is 205 Å². The molecule has 1 aliphatic heterocycles. The first kappa shape index (κ1) is 22.5. The van der Waals surface area contributed by atoms with Gasteiger partial charge in [0.15, 0.2) is 0 Å². The van der Waals surface area contributed by atoms with Crippen LogP contribution in [0.15, 0.2) is 79.9 Å². The third kappa shape index (κ3) is 5.44. The van der Waals surface area contributed by atoms with E-state index in [9.17, 15) is 0 Å². The molecule has 0 bridgehead atoms. The Morgan fingerprint density at radius 2 is 1.83 bits per heavy atom. The van der Waals surface area contributed by atoms with Crippen molar-refractivity contribution in [3.8, 4) is 11.3 Å². The molecule has 3 aromatic heterocycles. The predicted molar refractivity (Wildman–Crippen MR) is 142 cm³/mol. The van der Waals surface area contributed by atoms with Gasteiger partial charge in [-0.25, -0.2) is 9.97 Å². The van der Waals surface area contributed by atoms with Crippen LogP contribution in [0.25, 0.3) is 17.0 Å². The van der Waals surface area contributed by atoms with Gasteiger partial charge in [-0.15, -0.1) is 0 Å². The molecule has 3 N–H and O–H groups in total. The van der Waals surface area contributed by atoms with Crippen LogP contribution in [0.5, 0.6) is 0 Å². The van der Waals surface area contributed by atoms with Gasteiger partial charge in [-0.3, -0.25) is 9.97 Å². The number of aromatic nitrogens is 4. The second-order valence-corrected chi connectivity index (χ2v) is 8.38. The molecule has 35 heavy (non-hydrogen) atoms. The molecule has 0 amide bonds. The Bertz CT molecular complexity index is 1300. The number of benzene rings is 1. The SMILES string of the molecule is C=C(Nc1cnc(C)c(Nc2nccc(-c3cccnc3)n2)c1)c1ccc(N2CCNCC2)cc1. The van der Waals surface area contributed by atoms with Crippen molar-refractivity contribution in [2.24, 2.45) is 0 Å². The first-order valence-electron chi connectivity index (χ1n) is 11.6. The van der Waals surface area contributed by atoms with Gasteiger partial charge in [-0.1, -0.05) is 18.7 Å². The molecule has 1 aromatic carbocycles.